The number of allylic oxidation sites excluding steroid dienone is 12. The minimum Gasteiger partial charge on any atom is -0.387 e. The molecule has 266 valence electrons. The van der Waals surface area contributed by atoms with Crippen molar-refractivity contribution in [3.05, 3.63) is 85.1 Å². The van der Waals surface area contributed by atoms with Gasteiger partial charge in [-0.15, -0.1) is 5.10 Å². The quantitative estimate of drug-likeness (QED) is 0.0598. The van der Waals surface area contributed by atoms with Crippen LogP contribution < -0.4 is 16.1 Å². The number of carbonyl (C=O) groups excluding carboxylic acids is 2. The summed E-state index contributed by atoms with van der Waals surface area (Å²) < 4.78 is 29.9. The Labute approximate surface area is 283 Å². The second kappa shape index (κ2) is 23.8. The molecule has 1 aromatic heterocycles. The lowest BCUT2D eigenvalue weighted by atomic mass is 10.1. The molecule has 0 radical (unpaired) electrons. The van der Waals surface area contributed by atoms with Gasteiger partial charge in [0.25, 0.3) is 5.91 Å². The van der Waals surface area contributed by atoms with Gasteiger partial charge < -0.3 is 30.5 Å². The van der Waals surface area contributed by atoms with Crippen molar-refractivity contribution >= 4 is 19.6 Å². The lowest BCUT2D eigenvalue weighted by molar-refractivity contribution is -0.120. The number of nitrogens with two attached hydrogens (primary N) is 1. The van der Waals surface area contributed by atoms with Crippen molar-refractivity contribution in [1.29, 1.82) is 0 Å². The molecular weight excluding hydrogens is 639 g/mol. The summed E-state index contributed by atoms with van der Waals surface area (Å²) >= 11 is 0. The van der Waals surface area contributed by atoms with Gasteiger partial charge in [-0.2, -0.15) is 0 Å². The van der Waals surface area contributed by atoms with Gasteiger partial charge >= 0.3 is 7.75 Å². The van der Waals surface area contributed by atoms with Crippen LogP contribution in [-0.2, 0) is 23.1 Å². The molecule has 0 bridgehead atoms. The number of hydrogen-bond donors (Lipinski definition) is 5. The fourth-order valence-electron chi connectivity index (χ4n) is 4.27. The molecule has 1 aliphatic heterocycles. The molecule has 14 nitrogen and oxygen atoms in total. The maximum Gasteiger partial charge on any atom is 0.405 e. The fourth-order valence-corrected chi connectivity index (χ4v) is 5.32. The first-order valence-electron chi connectivity index (χ1n) is 16.1. The van der Waals surface area contributed by atoms with Gasteiger partial charge in [0, 0.05) is 26.6 Å². The average molecular weight is 691 g/mol. The highest BCUT2D eigenvalue weighted by Gasteiger charge is 2.45. The van der Waals surface area contributed by atoms with Crippen LogP contribution in [0.25, 0.3) is 0 Å². The molecule has 5 atom stereocenters. The normalized spacial score (nSPS) is 21.6. The number of ether oxygens (including phenoxy) is 1. The van der Waals surface area contributed by atoms with Crippen molar-refractivity contribution in [3.63, 3.8) is 0 Å². The number of primary amides is 1. The van der Waals surface area contributed by atoms with Crippen LogP contribution in [0.4, 0.5) is 0 Å². The fraction of sp³-hybridized carbons (Fsp3) is 0.515. The third-order valence-electron chi connectivity index (χ3n) is 6.86. The van der Waals surface area contributed by atoms with Gasteiger partial charge in [-0.05, 0) is 44.9 Å². The van der Waals surface area contributed by atoms with Gasteiger partial charge in [0.15, 0.2) is 6.23 Å². The first-order chi connectivity index (χ1) is 23.2. The number of aliphatic hydroxyl groups is 2. The van der Waals surface area contributed by atoms with E-state index in [1.165, 1.54) is 7.11 Å². The maximum atomic E-state index is 12.9. The Morgan fingerprint density at radius 1 is 0.938 bits per heavy atom. The van der Waals surface area contributed by atoms with Crippen molar-refractivity contribution in [2.45, 2.75) is 82.8 Å². The van der Waals surface area contributed by atoms with E-state index in [0.717, 1.165) is 49.5 Å². The third kappa shape index (κ3) is 16.1. The van der Waals surface area contributed by atoms with Gasteiger partial charge in [0.2, 0.25) is 11.7 Å². The van der Waals surface area contributed by atoms with Crippen LogP contribution in [-0.4, -0.2) is 81.9 Å². The molecule has 2 rings (SSSR count). The van der Waals surface area contributed by atoms with E-state index < -0.39 is 44.8 Å². The Morgan fingerprint density at radius 3 is 2.02 bits per heavy atom. The van der Waals surface area contributed by atoms with E-state index in [0.29, 0.717) is 12.8 Å². The summed E-state index contributed by atoms with van der Waals surface area (Å²) in [5.41, 5.74) is 5.14. The molecular formula is C33H51N6O8P. The predicted molar refractivity (Wildman–Crippen MR) is 183 cm³/mol. The second-order valence-electron chi connectivity index (χ2n) is 10.6. The summed E-state index contributed by atoms with van der Waals surface area (Å²) in [5, 5.41) is 29.9. The van der Waals surface area contributed by atoms with Crippen LogP contribution in [0.2, 0.25) is 0 Å². The number of hydrogen-bond acceptors (Lipinski definition) is 10. The van der Waals surface area contributed by atoms with Crippen molar-refractivity contribution in [1.82, 2.24) is 25.2 Å². The SMILES string of the molecule is CC/C=C\C/C=C\C/C=C\C/C=C\C/C=C\C/C=C\CCC(=O)NCCNP(=O)(OC)OCC1O[C@@H](n2cnc(C(N)=O)n2)[C@H](O)[C@@H]1O. The molecule has 0 aromatic carbocycles. The summed E-state index contributed by atoms with van der Waals surface area (Å²) in [6.45, 7) is 2.00. The molecule has 0 spiro atoms. The number of aliphatic hydroxyl groups excluding tert-OH is 2. The van der Waals surface area contributed by atoms with E-state index in [-0.39, 0.29) is 24.8 Å². The number of aromatic nitrogens is 3. The summed E-state index contributed by atoms with van der Waals surface area (Å²) in [5.74, 6) is -1.30. The van der Waals surface area contributed by atoms with Crippen LogP contribution in [0, 0.1) is 0 Å². The lowest BCUT2D eigenvalue weighted by Crippen LogP contribution is -2.35. The minimum absolute atomic E-state index is 0.0882. The van der Waals surface area contributed by atoms with Gasteiger partial charge in [0.05, 0.1) is 6.61 Å². The van der Waals surface area contributed by atoms with E-state index in [4.69, 9.17) is 19.5 Å². The molecule has 48 heavy (non-hydrogen) atoms. The number of carbonyl (C=O) groups is 2. The molecule has 2 heterocycles. The Bertz CT molecular complexity index is 1320. The van der Waals surface area contributed by atoms with Gasteiger partial charge in [-0.1, -0.05) is 79.8 Å². The summed E-state index contributed by atoms with van der Waals surface area (Å²) in [4.78, 5) is 27.1. The van der Waals surface area contributed by atoms with Crippen molar-refractivity contribution in [3.8, 4) is 0 Å². The number of nitrogens with zero attached hydrogens (tertiary/aromatic N) is 3. The third-order valence-corrected chi connectivity index (χ3v) is 8.44. The molecule has 1 saturated heterocycles. The number of rotatable bonds is 24. The van der Waals surface area contributed by atoms with Gasteiger partial charge in [-0.25, -0.2) is 19.3 Å². The summed E-state index contributed by atoms with van der Waals surface area (Å²) in [7, 11) is -2.63. The monoisotopic (exact) mass is 690 g/mol. The van der Waals surface area contributed by atoms with Crippen molar-refractivity contribution in [2.75, 3.05) is 26.8 Å². The Kier molecular flexibility index (Phi) is 20.1. The Hall–Kier alpha value is -3.49. The Morgan fingerprint density at radius 2 is 1.50 bits per heavy atom. The number of nitrogens with one attached hydrogen (secondary N) is 2. The molecule has 1 fully saturated rings. The summed E-state index contributed by atoms with van der Waals surface area (Å²) in [6, 6.07) is 0. The summed E-state index contributed by atoms with van der Waals surface area (Å²) in [6.07, 6.45) is 28.1. The van der Waals surface area contributed by atoms with Crippen molar-refractivity contribution < 1.29 is 38.2 Å². The molecule has 6 N–H and O–H groups in total. The van der Waals surface area contributed by atoms with E-state index in [1.807, 2.05) is 12.2 Å². The molecule has 2 unspecified atom stereocenters. The van der Waals surface area contributed by atoms with Gasteiger partial charge in [-0.3, -0.25) is 14.1 Å². The van der Waals surface area contributed by atoms with Crippen LogP contribution in [0.15, 0.2) is 79.2 Å². The lowest BCUT2D eigenvalue weighted by Gasteiger charge is -2.20. The standard InChI is InChI=1S/C33H51N6O8P/c1-3-4-5-6-7-8-9-10-11-12-13-14-15-16-17-18-19-20-21-22-28(40)35-23-24-37-48(44,45-2)46-25-27-29(41)30(42)33(47-27)39-26-36-32(38-39)31(34)43/h4-5,7-8,10-11,13-14,16-17,19-20,26-27,29-30,33,41-42H,3,6,9,12,15,18,21-25H2,1-2H3,(H2,34,43)(H,35,40)(H,37,44)/b5-4-,8-7-,11-10-,14-13-,17-16-,20-19-/t27?,29-,30-,33-,48?/m1/s1. The molecule has 2 amide bonds. The van der Waals surface area contributed by atoms with Crippen molar-refractivity contribution in [2.24, 2.45) is 5.73 Å². The predicted octanol–water partition coefficient (Wildman–Crippen LogP) is 3.95. The van der Waals surface area contributed by atoms with E-state index in [9.17, 15) is 24.4 Å². The topological polar surface area (TPSA) is 200 Å². The van der Waals surface area contributed by atoms with Crippen LogP contribution in [0.5, 0.6) is 0 Å². The first kappa shape index (κ1) is 40.7. The van der Waals surface area contributed by atoms with E-state index >= 15 is 0 Å². The zero-order valence-corrected chi connectivity index (χ0v) is 28.7. The molecule has 0 saturated carbocycles. The van der Waals surface area contributed by atoms with Crippen LogP contribution >= 0.6 is 7.75 Å². The largest absolute Gasteiger partial charge is 0.405 e. The maximum absolute atomic E-state index is 12.9. The average Bonchev–Trinajstić information content (AvgIpc) is 3.68. The molecule has 0 aliphatic carbocycles. The highest BCUT2D eigenvalue weighted by atomic mass is 31.2. The van der Waals surface area contributed by atoms with E-state index in [1.54, 1.807) is 0 Å². The smallest absolute Gasteiger partial charge is 0.387 e. The number of amides is 2. The minimum atomic E-state index is -3.82. The van der Waals surface area contributed by atoms with Crippen LogP contribution in [0.3, 0.4) is 0 Å². The highest BCUT2D eigenvalue weighted by Crippen LogP contribution is 2.43. The zero-order valence-electron chi connectivity index (χ0n) is 27.8. The second-order valence-corrected chi connectivity index (χ2v) is 12.6. The molecule has 1 aliphatic rings. The highest BCUT2D eigenvalue weighted by molar-refractivity contribution is 7.51. The molecule has 1 aromatic rings. The molecule has 15 heteroatoms. The zero-order chi connectivity index (χ0) is 35.0. The Balaban J connectivity index is 1.54. The van der Waals surface area contributed by atoms with E-state index in [2.05, 4.69) is 88.2 Å². The first-order valence-corrected chi connectivity index (χ1v) is 17.7. The van der Waals surface area contributed by atoms with Crippen LogP contribution in [0.1, 0.15) is 75.1 Å². The van der Waals surface area contributed by atoms with Gasteiger partial charge in [0.1, 0.15) is 24.6 Å².